The molecule has 4 nitrogen and oxygen atoms in total. The van der Waals surface area contributed by atoms with E-state index < -0.39 is 12.1 Å². The molecule has 2 saturated carbocycles. The Morgan fingerprint density at radius 3 is 2.62 bits per heavy atom. The zero-order valence-electron chi connectivity index (χ0n) is 15.2. The number of aliphatic carboxylic acids is 1. The molecule has 3 rings (SSSR count). The van der Waals surface area contributed by atoms with Crippen molar-refractivity contribution in [2.24, 2.45) is 34.0 Å². The van der Waals surface area contributed by atoms with E-state index in [2.05, 4.69) is 32.9 Å². The van der Waals surface area contributed by atoms with Crippen LogP contribution >= 0.6 is 0 Å². The Bertz CT molecular complexity index is 542. The fourth-order valence-corrected chi connectivity index (χ4v) is 6.81. The van der Waals surface area contributed by atoms with Crippen molar-refractivity contribution in [1.82, 2.24) is 0 Å². The molecule has 0 aromatic heterocycles. The molecule has 0 aliphatic heterocycles. The zero-order valence-corrected chi connectivity index (χ0v) is 15.2. The third-order valence-corrected chi connectivity index (χ3v) is 7.55. The fourth-order valence-electron chi connectivity index (χ4n) is 6.81. The highest BCUT2D eigenvalue weighted by Gasteiger charge is 2.63. The Balaban J connectivity index is 1.99. The molecular formula is C20H32O4. The molecule has 2 bridgehead atoms. The number of aliphatic hydroxyl groups excluding tert-OH is 2. The van der Waals surface area contributed by atoms with Crippen LogP contribution in [0.1, 0.15) is 59.3 Å². The molecule has 0 aromatic carbocycles. The van der Waals surface area contributed by atoms with Gasteiger partial charge in [-0.25, -0.2) is 0 Å². The molecule has 3 aliphatic rings. The van der Waals surface area contributed by atoms with Crippen LogP contribution in [-0.4, -0.2) is 34.0 Å². The summed E-state index contributed by atoms with van der Waals surface area (Å²) in [7, 11) is 0. The maximum Gasteiger partial charge on any atom is 0.303 e. The standard InChI is InChI=1S/C20H32O4/c1-13(2)17-14(22)10-20-9-8-19(11-20,12-21)7-4-15(20)18(17,3)6-5-16(23)24/h8-9,13-15,17,21-22H,4-7,10-12H2,1-3H3,(H,23,24). The number of carbonyl (C=O) groups is 1. The first-order valence-corrected chi connectivity index (χ1v) is 9.39. The van der Waals surface area contributed by atoms with Gasteiger partial charge in [0.2, 0.25) is 0 Å². The van der Waals surface area contributed by atoms with Crippen LogP contribution in [0, 0.1) is 34.0 Å². The molecule has 0 heterocycles. The summed E-state index contributed by atoms with van der Waals surface area (Å²) in [6.45, 7) is 6.69. The van der Waals surface area contributed by atoms with E-state index >= 15 is 0 Å². The van der Waals surface area contributed by atoms with Crippen LogP contribution in [0.3, 0.4) is 0 Å². The molecule has 0 radical (unpaired) electrons. The number of carboxylic acid groups (broad SMARTS) is 1. The van der Waals surface area contributed by atoms with E-state index in [1.54, 1.807) is 0 Å². The SMILES string of the molecule is CC(C)C1C(O)CC23C=CC(CO)(CCC2C1(C)CCC(=O)O)C3. The fraction of sp³-hybridized carbons (Fsp3) is 0.850. The summed E-state index contributed by atoms with van der Waals surface area (Å²) in [5.74, 6) is 0.0862. The molecule has 0 amide bonds. The van der Waals surface area contributed by atoms with E-state index in [-0.39, 0.29) is 35.2 Å². The molecule has 136 valence electrons. The first kappa shape index (κ1) is 17.9. The van der Waals surface area contributed by atoms with Gasteiger partial charge < -0.3 is 15.3 Å². The molecule has 2 fully saturated rings. The van der Waals surface area contributed by atoms with Gasteiger partial charge in [0.05, 0.1) is 12.7 Å². The van der Waals surface area contributed by atoms with E-state index in [0.717, 1.165) is 25.7 Å². The third-order valence-electron chi connectivity index (χ3n) is 7.55. The van der Waals surface area contributed by atoms with Crippen molar-refractivity contribution in [2.45, 2.75) is 65.4 Å². The second kappa shape index (κ2) is 5.84. The van der Waals surface area contributed by atoms with Crippen LogP contribution in [0.2, 0.25) is 0 Å². The topological polar surface area (TPSA) is 77.8 Å². The number of hydrogen-bond donors (Lipinski definition) is 3. The van der Waals surface area contributed by atoms with Crippen LogP contribution in [0.5, 0.6) is 0 Å². The highest BCUT2D eigenvalue weighted by atomic mass is 16.4. The van der Waals surface area contributed by atoms with Crippen molar-refractivity contribution in [3.05, 3.63) is 12.2 Å². The first-order valence-electron chi connectivity index (χ1n) is 9.39. The summed E-state index contributed by atoms with van der Waals surface area (Å²) in [6, 6.07) is 0. The number of hydrogen-bond acceptors (Lipinski definition) is 3. The summed E-state index contributed by atoms with van der Waals surface area (Å²) in [6.07, 6.45) is 8.47. The van der Waals surface area contributed by atoms with Crippen LogP contribution in [0.15, 0.2) is 12.2 Å². The van der Waals surface area contributed by atoms with Crippen molar-refractivity contribution >= 4 is 5.97 Å². The van der Waals surface area contributed by atoms with Crippen LogP contribution < -0.4 is 0 Å². The van der Waals surface area contributed by atoms with E-state index in [1.165, 1.54) is 0 Å². The molecule has 6 atom stereocenters. The molecule has 3 aliphatic carbocycles. The van der Waals surface area contributed by atoms with Gasteiger partial charge in [-0.1, -0.05) is 32.9 Å². The summed E-state index contributed by atoms with van der Waals surface area (Å²) in [5.41, 5.74) is -0.367. The van der Waals surface area contributed by atoms with E-state index in [0.29, 0.717) is 18.3 Å². The van der Waals surface area contributed by atoms with Gasteiger partial charge in [0.15, 0.2) is 0 Å². The van der Waals surface area contributed by atoms with Crippen LogP contribution in [0.25, 0.3) is 0 Å². The Labute approximate surface area is 145 Å². The second-order valence-corrected chi connectivity index (χ2v) is 9.30. The van der Waals surface area contributed by atoms with Crippen molar-refractivity contribution in [3.8, 4) is 0 Å². The smallest absolute Gasteiger partial charge is 0.303 e. The maximum absolute atomic E-state index is 11.2. The van der Waals surface area contributed by atoms with Crippen molar-refractivity contribution in [1.29, 1.82) is 0 Å². The van der Waals surface area contributed by atoms with Gasteiger partial charge in [-0.15, -0.1) is 0 Å². The van der Waals surface area contributed by atoms with E-state index in [4.69, 9.17) is 0 Å². The molecule has 0 saturated heterocycles. The van der Waals surface area contributed by atoms with Crippen molar-refractivity contribution < 1.29 is 20.1 Å². The van der Waals surface area contributed by atoms with Gasteiger partial charge in [0, 0.05) is 11.8 Å². The lowest BCUT2D eigenvalue weighted by Gasteiger charge is -2.61. The molecule has 1 spiro atoms. The number of aliphatic hydroxyl groups is 2. The lowest BCUT2D eigenvalue weighted by atomic mass is 9.43. The maximum atomic E-state index is 11.2. The lowest BCUT2D eigenvalue weighted by Crippen LogP contribution is -2.58. The summed E-state index contributed by atoms with van der Waals surface area (Å²) in [5, 5.41) is 30.1. The molecule has 6 unspecified atom stereocenters. The van der Waals surface area contributed by atoms with Gasteiger partial charge in [-0.3, -0.25) is 4.79 Å². The largest absolute Gasteiger partial charge is 0.481 e. The van der Waals surface area contributed by atoms with Crippen molar-refractivity contribution in [2.75, 3.05) is 6.61 Å². The van der Waals surface area contributed by atoms with Gasteiger partial charge in [-0.05, 0) is 60.7 Å². The monoisotopic (exact) mass is 336 g/mol. The van der Waals surface area contributed by atoms with Gasteiger partial charge in [0.1, 0.15) is 0 Å². The lowest BCUT2D eigenvalue weighted by molar-refractivity contribution is -0.163. The van der Waals surface area contributed by atoms with E-state index in [9.17, 15) is 20.1 Å². The predicted octanol–water partition coefficient (Wildman–Crippen LogP) is 3.23. The average molecular weight is 336 g/mol. The molecular weight excluding hydrogens is 304 g/mol. The average Bonchev–Trinajstić information content (AvgIpc) is 2.77. The Morgan fingerprint density at radius 2 is 2.04 bits per heavy atom. The predicted molar refractivity (Wildman–Crippen MR) is 92.4 cm³/mol. The van der Waals surface area contributed by atoms with Crippen molar-refractivity contribution in [3.63, 3.8) is 0 Å². The molecule has 0 aromatic rings. The highest BCUT2D eigenvalue weighted by Crippen LogP contribution is 2.68. The quantitative estimate of drug-likeness (QED) is 0.674. The normalized spacial score (nSPS) is 47.0. The number of carboxylic acids is 1. The van der Waals surface area contributed by atoms with Gasteiger partial charge >= 0.3 is 5.97 Å². The Morgan fingerprint density at radius 1 is 1.33 bits per heavy atom. The Hall–Kier alpha value is -0.870. The van der Waals surface area contributed by atoms with Gasteiger partial charge in [-0.2, -0.15) is 0 Å². The zero-order chi connectivity index (χ0) is 17.8. The van der Waals surface area contributed by atoms with Crippen LogP contribution in [-0.2, 0) is 4.79 Å². The number of rotatable bonds is 5. The number of fused-ring (bicyclic) bond motifs is 1. The summed E-state index contributed by atoms with van der Waals surface area (Å²) in [4.78, 5) is 11.2. The number of allylic oxidation sites excluding steroid dienone is 1. The third kappa shape index (κ3) is 2.53. The second-order valence-electron chi connectivity index (χ2n) is 9.30. The van der Waals surface area contributed by atoms with Gasteiger partial charge in [0.25, 0.3) is 0 Å². The highest BCUT2D eigenvalue weighted by molar-refractivity contribution is 5.66. The molecule has 3 N–H and O–H groups in total. The Kier molecular flexibility index (Phi) is 4.37. The minimum Gasteiger partial charge on any atom is -0.481 e. The summed E-state index contributed by atoms with van der Waals surface area (Å²) < 4.78 is 0. The van der Waals surface area contributed by atoms with E-state index in [1.807, 2.05) is 0 Å². The van der Waals surface area contributed by atoms with Crippen LogP contribution in [0.4, 0.5) is 0 Å². The molecule has 24 heavy (non-hydrogen) atoms. The minimum absolute atomic E-state index is 0.0704. The molecule has 4 heteroatoms. The first-order chi connectivity index (χ1) is 11.2. The summed E-state index contributed by atoms with van der Waals surface area (Å²) >= 11 is 0. The minimum atomic E-state index is -0.754.